The van der Waals surface area contributed by atoms with E-state index in [1.807, 2.05) is 18.2 Å². The molecule has 1 aromatic heterocycles. The Morgan fingerprint density at radius 1 is 1.08 bits per heavy atom. The summed E-state index contributed by atoms with van der Waals surface area (Å²) in [5, 5.41) is 11.8. The van der Waals surface area contributed by atoms with Crippen molar-refractivity contribution in [2.24, 2.45) is 0 Å². The molecule has 0 spiro atoms. The van der Waals surface area contributed by atoms with Crippen LogP contribution in [0.4, 0.5) is 5.69 Å². The van der Waals surface area contributed by atoms with E-state index in [1.54, 1.807) is 18.2 Å². The summed E-state index contributed by atoms with van der Waals surface area (Å²) in [7, 11) is -3.74. The smallest absolute Gasteiger partial charge is 0.273 e. The SMILES string of the molecule is O=[N+]([O-])c1ccccc1CS(=O)(=O)NCc1cc2ccccc2o1. The van der Waals surface area contributed by atoms with E-state index in [-0.39, 0.29) is 17.8 Å². The van der Waals surface area contributed by atoms with E-state index in [2.05, 4.69) is 4.72 Å². The number of rotatable bonds is 6. The van der Waals surface area contributed by atoms with Gasteiger partial charge in [-0.05, 0) is 12.1 Å². The molecular weight excluding hydrogens is 332 g/mol. The average Bonchev–Trinajstić information content (AvgIpc) is 2.96. The number of para-hydroxylation sites is 2. The first kappa shape index (κ1) is 16.2. The van der Waals surface area contributed by atoms with E-state index < -0.39 is 20.7 Å². The Hall–Kier alpha value is -2.71. The lowest BCUT2D eigenvalue weighted by molar-refractivity contribution is -0.385. The molecule has 0 saturated carbocycles. The van der Waals surface area contributed by atoms with E-state index in [9.17, 15) is 18.5 Å². The zero-order valence-corrected chi connectivity index (χ0v) is 13.3. The second-order valence-corrected chi connectivity index (χ2v) is 7.02. The van der Waals surface area contributed by atoms with E-state index >= 15 is 0 Å². The lowest BCUT2D eigenvalue weighted by atomic mass is 10.2. The molecule has 24 heavy (non-hydrogen) atoms. The van der Waals surface area contributed by atoms with Gasteiger partial charge in [0.25, 0.3) is 5.69 Å². The summed E-state index contributed by atoms with van der Waals surface area (Å²) in [4.78, 5) is 10.4. The molecule has 0 aliphatic carbocycles. The number of nitrogens with one attached hydrogen (secondary N) is 1. The Kier molecular flexibility index (Phi) is 4.32. The summed E-state index contributed by atoms with van der Waals surface area (Å²) in [6, 6.07) is 14.9. The van der Waals surface area contributed by atoms with Crippen LogP contribution in [0.15, 0.2) is 59.0 Å². The van der Waals surface area contributed by atoms with Crippen LogP contribution in [0.25, 0.3) is 11.0 Å². The van der Waals surface area contributed by atoms with Crippen molar-refractivity contribution in [2.45, 2.75) is 12.3 Å². The molecule has 7 nitrogen and oxygen atoms in total. The third-order valence-corrected chi connectivity index (χ3v) is 4.75. The zero-order valence-electron chi connectivity index (χ0n) is 12.5. The number of nitrogens with zero attached hydrogens (tertiary/aromatic N) is 1. The summed E-state index contributed by atoms with van der Waals surface area (Å²) in [6.07, 6.45) is 0. The number of hydrogen-bond acceptors (Lipinski definition) is 5. The van der Waals surface area contributed by atoms with Crippen molar-refractivity contribution in [1.82, 2.24) is 4.72 Å². The Balaban J connectivity index is 1.73. The van der Waals surface area contributed by atoms with Crippen LogP contribution in [-0.2, 0) is 22.3 Å². The molecule has 0 fully saturated rings. The minimum Gasteiger partial charge on any atom is -0.460 e. The number of furan rings is 1. The summed E-state index contributed by atoms with van der Waals surface area (Å²) >= 11 is 0. The summed E-state index contributed by atoms with van der Waals surface area (Å²) in [5.41, 5.74) is 0.594. The van der Waals surface area contributed by atoms with Gasteiger partial charge >= 0.3 is 0 Å². The van der Waals surface area contributed by atoms with Gasteiger partial charge in [0.15, 0.2) is 0 Å². The largest absolute Gasteiger partial charge is 0.460 e. The number of benzene rings is 2. The summed E-state index contributed by atoms with van der Waals surface area (Å²) < 4.78 is 32.3. The number of sulfonamides is 1. The monoisotopic (exact) mass is 346 g/mol. The Morgan fingerprint density at radius 2 is 1.79 bits per heavy atom. The fourth-order valence-corrected chi connectivity index (χ4v) is 3.49. The van der Waals surface area contributed by atoms with E-state index in [1.165, 1.54) is 18.2 Å². The van der Waals surface area contributed by atoms with Gasteiger partial charge in [-0.2, -0.15) is 0 Å². The standard InChI is InChI=1S/C16H14N2O5S/c19-18(20)15-7-3-1-6-13(15)11-24(21,22)17-10-14-9-12-5-2-4-8-16(12)23-14/h1-9,17H,10-11H2. The van der Waals surface area contributed by atoms with Gasteiger partial charge in [0, 0.05) is 17.0 Å². The van der Waals surface area contributed by atoms with Gasteiger partial charge < -0.3 is 4.42 Å². The Morgan fingerprint density at radius 3 is 2.54 bits per heavy atom. The molecule has 0 saturated heterocycles. The molecule has 0 atom stereocenters. The predicted octanol–water partition coefficient (Wildman–Crippen LogP) is 2.96. The molecule has 2 aromatic carbocycles. The van der Waals surface area contributed by atoms with Crippen molar-refractivity contribution in [3.63, 3.8) is 0 Å². The molecule has 0 amide bonds. The molecule has 124 valence electrons. The Bertz CT molecular complexity index is 961. The average molecular weight is 346 g/mol. The second-order valence-electron chi connectivity index (χ2n) is 5.22. The molecule has 1 heterocycles. The predicted molar refractivity (Wildman–Crippen MR) is 88.8 cm³/mol. The maximum Gasteiger partial charge on any atom is 0.273 e. The normalized spacial score (nSPS) is 11.7. The van der Waals surface area contributed by atoms with Crippen LogP contribution in [0.3, 0.4) is 0 Å². The minimum absolute atomic E-state index is 0.0162. The lowest BCUT2D eigenvalue weighted by Gasteiger charge is -2.06. The van der Waals surface area contributed by atoms with Crippen molar-refractivity contribution in [3.05, 3.63) is 76.0 Å². The van der Waals surface area contributed by atoms with Crippen LogP contribution >= 0.6 is 0 Å². The Labute approximate surface area is 138 Å². The highest BCUT2D eigenvalue weighted by atomic mass is 32.2. The molecular formula is C16H14N2O5S. The highest BCUT2D eigenvalue weighted by Gasteiger charge is 2.20. The summed E-state index contributed by atoms with van der Waals surface area (Å²) in [6.45, 7) is -0.0162. The van der Waals surface area contributed by atoms with Crippen molar-refractivity contribution < 1.29 is 17.8 Å². The molecule has 8 heteroatoms. The molecule has 0 bridgehead atoms. The van der Waals surface area contributed by atoms with Crippen LogP contribution in [0.1, 0.15) is 11.3 Å². The number of nitro groups is 1. The van der Waals surface area contributed by atoms with Gasteiger partial charge in [0.1, 0.15) is 11.3 Å². The van der Waals surface area contributed by atoms with Crippen LogP contribution in [-0.4, -0.2) is 13.3 Å². The van der Waals surface area contributed by atoms with Gasteiger partial charge in [0.2, 0.25) is 10.0 Å². The van der Waals surface area contributed by atoms with E-state index in [0.29, 0.717) is 11.3 Å². The molecule has 0 aliphatic heterocycles. The molecule has 1 N–H and O–H groups in total. The number of hydrogen-bond donors (Lipinski definition) is 1. The van der Waals surface area contributed by atoms with Crippen LogP contribution in [0, 0.1) is 10.1 Å². The van der Waals surface area contributed by atoms with Gasteiger partial charge in [-0.1, -0.05) is 36.4 Å². The van der Waals surface area contributed by atoms with Gasteiger partial charge in [-0.25, -0.2) is 13.1 Å². The first-order valence-electron chi connectivity index (χ1n) is 7.12. The van der Waals surface area contributed by atoms with Gasteiger partial charge in [-0.3, -0.25) is 10.1 Å². The van der Waals surface area contributed by atoms with Crippen molar-refractivity contribution in [1.29, 1.82) is 0 Å². The quantitative estimate of drug-likeness (QED) is 0.546. The maximum absolute atomic E-state index is 12.2. The van der Waals surface area contributed by atoms with E-state index in [4.69, 9.17) is 4.42 Å². The van der Waals surface area contributed by atoms with Crippen molar-refractivity contribution >= 4 is 26.7 Å². The second kappa shape index (κ2) is 6.42. The van der Waals surface area contributed by atoms with Crippen molar-refractivity contribution in [2.75, 3.05) is 0 Å². The van der Waals surface area contributed by atoms with Gasteiger partial charge in [-0.15, -0.1) is 0 Å². The summed E-state index contributed by atoms with van der Waals surface area (Å²) in [5.74, 6) is 0.00651. The fraction of sp³-hybridized carbons (Fsp3) is 0.125. The third kappa shape index (κ3) is 3.61. The first-order chi connectivity index (χ1) is 11.4. The molecule has 3 rings (SSSR count). The van der Waals surface area contributed by atoms with E-state index in [0.717, 1.165) is 5.39 Å². The molecule has 0 radical (unpaired) electrons. The lowest BCUT2D eigenvalue weighted by Crippen LogP contribution is -2.24. The van der Waals surface area contributed by atoms with Crippen LogP contribution in [0.2, 0.25) is 0 Å². The molecule has 3 aromatic rings. The molecule has 0 unspecified atom stereocenters. The minimum atomic E-state index is -3.74. The topological polar surface area (TPSA) is 102 Å². The zero-order chi connectivity index (χ0) is 17.2. The van der Waals surface area contributed by atoms with Crippen LogP contribution < -0.4 is 4.72 Å². The highest BCUT2D eigenvalue weighted by Crippen LogP contribution is 2.21. The van der Waals surface area contributed by atoms with Gasteiger partial charge in [0.05, 0.1) is 17.2 Å². The molecule has 0 aliphatic rings. The number of nitro benzene ring substituents is 1. The third-order valence-electron chi connectivity index (χ3n) is 3.48. The highest BCUT2D eigenvalue weighted by molar-refractivity contribution is 7.88. The fourth-order valence-electron chi connectivity index (χ4n) is 2.37. The van der Waals surface area contributed by atoms with Crippen molar-refractivity contribution in [3.8, 4) is 0 Å². The first-order valence-corrected chi connectivity index (χ1v) is 8.77. The maximum atomic E-state index is 12.2. The van der Waals surface area contributed by atoms with Crippen LogP contribution in [0.5, 0.6) is 0 Å². The number of fused-ring (bicyclic) bond motifs is 1.